The van der Waals surface area contributed by atoms with E-state index in [9.17, 15) is 14.7 Å². The van der Waals surface area contributed by atoms with Crippen molar-refractivity contribution in [2.24, 2.45) is 0 Å². The highest BCUT2D eigenvalue weighted by molar-refractivity contribution is 7.22. The van der Waals surface area contributed by atoms with Gasteiger partial charge in [-0.2, -0.15) is 0 Å². The molecule has 8 heteroatoms. The molecule has 1 N–H and O–H groups in total. The van der Waals surface area contributed by atoms with Crippen molar-refractivity contribution in [1.82, 2.24) is 4.98 Å². The first-order valence-electron chi connectivity index (χ1n) is 12.2. The fraction of sp³-hybridized carbons (Fsp3) is 0.167. The van der Waals surface area contributed by atoms with Crippen LogP contribution in [0.25, 0.3) is 21.2 Å². The molecule has 1 amide bonds. The van der Waals surface area contributed by atoms with E-state index >= 15 is 0 Å². The monoisotopic (exact) mass is 524 g/mol. The molecule has 3 aromatic carbocycles. The van der Waals surface area contributed by atoms with E-state index in [4.69, 9.17) is 9.15 Å². The number of amides is 1. The van der Waals surface area contributed by atoms with Crippen LogP contribution in [0.1, 0.15) is 47.5 Å². The second-order valence-electron chi connectivity index (χ2n) is 9.47. The third-order valence-corrected chi connectivity index (χ3v) is 7.83. The number of anilines is 1. The van der Waals surface area contributed by atoms with Crippen LogP contribution in [0, 0.1) is 0 Å². The zero-order chi connectivity index (χ0) is 26.6. The lowest BCUT2D eigenvalue weighted by atomic mass is 9.93. The zero-order valence-electron chi connectivity index (χ0n) is 21.0. The van der Waals surface area contributed by atoms with Crippen molar-refractivity contribution in [2.75, 3.05) is 12.0 Å². The number of rotatable bonds is 6. The number of aromatic nitrogens is 1. The summed E-state index contributed by atoms with van der Waals surface area (Å²) in [5.74, 6) is -0.803. The molecule has 6 rings (SSSR count). The smallest absolute Gasteiger partial charge is 0.296 e. The van der Waals surface area contributed by atoms with Crippen LogP contribution >= 0.6 is 11.3 Å². The molecule has 5 aromatic rings. The summed E-state index contributed by atoms with van der Waals surface area (Å²) in [5, 5.41) is 12.2. The van der Waals surface area contributed by atoms with Gasteiger partial charge in [-0.3, -0.25) is 14.5 Å². The number of thiazole rings is 1. The van der Waals surface area contributed by atoms with Crippen LogP contribution in [0.5, 0.6) is 5.75 Å². The van der Waals surface area contributed by atoms with Gasteiger partial charge in [0.2, 0.25) is 5.78 Å². The summed E-state index contributed by atoms with van der Waals surface area (Å²) < 4.78 is 12.0. The number of para-hydroxylation sites is 1. The fourth-order valence-electron chi connectivity index (χ4n) is 4.76. The van der Waals surface area contributed by atoms with Crippen molar-refractivity contribution < 1.29 is 23.8 Å². The first-order valence-corrected chi connectivity index (χ1v) is 13.0. The number of Topliss-reactive ketones (excluding diaryl/α,β-unsaturated/α-hetero) is 1. The highest BCUT2D eigenvalue weighted by atomic mass is 32.1. The van der Waals surface area contributed by atoms with Crippen molar-refractivity contribution in [3.8, 4) is 5.75 Å². The number of carbonyl (C=O) groups is 2. The van der Waals surface area contributed by atoms with Crippen LogP contribution in [0.3, 0.4) is 0 Å². The third-order valence-electron chi connectivity index (χ3n) is 6.81. The van der Waals surface area contributed by atoms with Gasteiger partial charge in [-0.1, -0.05) is 67.6 Å². The van der Waals surface area contributed by atoms with E-state index in [2.05, 4.69) is 18.8 Å². The Labute approximate surface area is 222 Å². The zero-order valence-corrected chi connectivity index (χ0v) is 21.8. The molecular formula is C30H24N2O5S. The predicted octanol–water partition coefficient (Wildman–Crippen LogP) is 6.96. The molecule has 0 aliphatic carbocycles. The summed E-state index contributed by atoms with van der Waals surface area (Å²) in [7, 11) is 1.59. The van der Waals surface area contributed by atoms with Gasteiger partial charge >= 0.3 is 0 Å². The lowest BCUT2D eigenvalue weighted by molar-refractivity contribution is -0.117. The number of furan rings is 1. The number of fused-ring (bicyclic) bond motifs is 2. The van der Waals surface area contributed by atoms with Gasteiger partial charge in [0.1, 0.15) is 11.3 Å². The minimum absolute atomic E-state index is 0.0387. The number of methoxy groups -OCH3 is 1. The van der Waals surface area contributed by atoms with Gasteiger partial charge in [-0.25, -0.2) is 4.98 Å². The predicted molar refractivity (Wildman–Crippen MR) is 147 cm³/mol. The largest absolute Gasteiger partial charge is 0.503 e. The van der Waals surface area contributed by atoms with Crippen LogP contribution in [0.2, 0.25) is 0 Å². The molecule has 0 radical (unpaired) electrons. The summed E-state index contributed by atoms with van der Waals surface area (Å²) in [6.07, 6.45) is 0. The van der Waals surface area contributed by atoms with Crippen LogP contribution in [0.4, 0.5) is 5.13 Å². The summed E-state index contributed by atoms with van der Waals surface area (Å²) in [4.78, 5) is 33.5. The van der Waals surface area contributed by atoms with E-state index in [1.54, 1.807) is 25.3 Å². The number of hydrogen-bond acceptors (Lipinski definition) is 7. The molecule has 7 nitrogen and oxygen atoms in total. The van der Waals surface area contributed by atoms with Crippen molar-refractivity contribution in [1.29, 1.82) is 0 Å². The van der Waals surface area contributed by atoms with Crippen LogP contribution in [0.15, 0.2) is 88.5 Å². The molecule has 0 saturated carbocycles. The molecule has 0 spiro atoms. The maximum Gasteiger partial charge on any atom is 0.296 e. The van der Waals surface area contributed by atoms with E-state index in [-0.39, 0.29) is 11.3 Å². The molecule has 190 valence electrons. The van der Waals surface area contributed by atoms with E-state index in [1.165, 1.54) is 16.2 Å². The van der Waals surface area contributed by atoms with Crippen LogP contribution < -0.4 is 9.64 Å². The molecule has 0 saturated heterocycles. The maximum absolute atomic E-state index is 13.8. The second kappa shape index (κ2) is 9.15. The molecule has 0 bridgehead atoms. The number of aliphatic hydroxyl groups is 1. The van der Waals surface area contributed by atoms with Gasteiger partial charge in [0, 0.05) is 5.39 Å². The van der Waals surface area contributed by atoms with E-state index in [0.29, 0.717) is 33.5 Å². The van der Waals surface area contributed by atoms with Gasteiger partial charge in [-0.05, 0) is 47.4 Å². The molecule has 3 heterocycles. The Hall–Kier alpha value is -4.43. The Kier molecular flexibility index (Phi) is 5.76. The Morgan fingerprint density at radius 2 is 1.84 bits per heavy atom. The van der Waals surface area contributed by atoms with Crippen molar-refractivity contribution in [3.05, 3.63) is 101 Å². The van der Waals surface area contributed by atoms with E-state index in [0.717, 1.165) is 15.6 Å². The maximum atomic E-state index is 13.8. The number of carbonyl (C=O) groups excluding carboxylic acids is 2. The number of ether oxygens (including phenoxy) is 1. The highest BCUT2D eigenvalue weighted by Gasteiger charge is 2.46. The number of ketones is 1. The first-order chi connectivity index (χ1) is 18.4. The molecule has 0 fully saturated rings. The average Bonchev–Trinajstić information content (AvgIpc) is 3.62. The molecule has 1 aliphatic rings. The van der Waals surface area contributed by atoms with Crippen molar-refractivity contribution >= 4 is 49.3 Å². The van der Waals surface area contributed by atoms with Gasteiger partial charge in [0.15, 0.2) is 16.7 Å². The first kappa shape index (κ1) is 23.9. The molecule has 1 atom stereocenters. The molecule has 1 aliphatic heterocycles. The van der Waals surface area contributed by atoms with Gasteiger partial charge in [0.25, 0.3) is 5.91 Å². The number of nitrogens with zero attached hydrogens (tertiary/aromatic N) is 2. The molecule has 1 unspecified atom stereocenters. The van der Waals surface area contributed by atoms with E-state index in [1.807, 2.05) is 54.6 Å². The van der Waals surface area contributed by atoms with Gasteiger partial charge in [-0.15, -0.1) is 0 Å². The summed E-state index contributed by atoms with van der Waals surface area (Å²) in [5.41, 5.74) is 3.00. The SMILES string of the molecule is COc1ccc2nc(N3C(=O)C(O)=C(C(=O)c4cc5ccccc5o4)C3c3ccc(C(C)C)cc3)sc2c1. The number of benzene rings is 3. The second-order valence-corrected chi connectivity index (χ2v) is 10.5. The highest BCUT2D eigenvalue weighted by Crippen LogP contribution is 2.45. The van der Waals surface area contributed by atoms with E-state index < -0.39 is 23.5 Å². The van der Waals surface area contributed by atoms with Crippen LogP contribution in [-0.2, 0) is 4.79 Å². The van der Waals surface area contributed by atoms with Crippen molar-refractivity contribution in [2.45, 2.75) is 25.8 Å². The topological polar surface area (TPSA) is 92.9 Å². The lowest BCUT2D eigenvalue weighted by Gasteiger charge is -2.24. The number of hydrogen-bond donors (Lipinski definition) is 1. The minimum atomic E-state index is -0.883. The average molecular weight is 525 g/mol. The Balaban J connectivity index is 1.50. The Morgan fingerprint density at radius 1 is 1.08 bits per heavy atom. The van der Waals surface area contributed by atoms with Crippen LogP contribution in [-0.4, -0.2) is 28.9 Å². The Bertz CT molecular complexity index is 1710. The fourth-order valence-corrected chi connectivity index (χ4v) is 5.78. The molecule has 38 heavy (non-hydrogen) atoms. The third kappa shape index (κ3) is 3.85. The summed E-state index contributed by atoms with van der Waals surface area (Å²) in [6, 6.07) is 21.2. The number of aliphatic hydroxyl groups excluding tert-OH is 1. The standard InChI is InChI=1S/C30H24N2O5S/c1-16(2)17-8-10-18(11-9-17)26-25(27(33)23-14-19-6-4-5-7-22(19)37-23)28(34)29(35)32(26)30-31-21-13-12-20(36-3)15-24(21)38-30/h4-16,26,34H,1-3H3. The lowest BCUT2D eigenvalue weighted by Crippen LogP contribution is -2.31. The molecular weight excluding hydrogens is 500 g/mol. The quantitative estimate of drug-likeness (QED) is 0.242. The minimum Gasteiger partial charge on any atom is -0.503 e. The molecule has 2 aromatic heterocycles. The normalized spacial score (nSPS) is 15.8. The van der Waals surface area contributed by atoms with Gasteiger partial charge in [0.05, 0.1) is 28.9 Å². The Morgan fingerprint density at radius 3 is 2.55 bits per heavy atom. The van der Waals surface area contributed by atoms with Crippen molar-refractivity contribution in [3.63, 3.8) is 0 Å². The summed E-state index contributed by atoms with van der Waals surface area (Å²) >= 11 is 1.29. The summed E-state index contributed by atoms with van der Waals surface area (Å²) in [6.45, 7) is 4.19. The van der Waals surface area contributed by atoms with Gasteiger partial charge < -0.3 is 14.3 Å².